The predicted octanol–water partition coefficient (Wildman–Crippen LogP) is 20.3. The number of allylic oxidation sites excluding steroid dienone is 3. The molecule has 1 rings (SSSR count). The first-order valence-electron chi connectivity index (χ1n) is 29.6. The topological polar surface area (TPSA) is 78.9 Å². The van der Waals surface area contributed by atoms with Gasteiger partial charge in [0, 0.05) is 0 Å². The van der Waals surface area contributed by atoms with Gasteiger partial charge in [0.1, 0.15) is 19.8 Å². The molecule has 6 nitrogen and oxygen atoms in total. The fraction of sp³-hybridized carbons (Fsp3) is 0.762. The smallest absolute Gasteiger partial charge is 0.339 e. The molecule has 0 atom stereocenters. The fourth-order valence-corrected chi connectivity index (χ4v) is 9.03. The average Bonchev–Trinajstić information content (AvgIpc) is 3.36. The minimum Gasteiger partial charge on any atom is -0.458 e. The van der Waals surface area contributed by atoms with Crippen LogP contribution in [-0.2, 0) is 14.2 Å². The van der Waals surface area contributed by atoms with Crippen molar-refractivity contribution in [2.45, 2.75) is 290 Å². The van der Waals surface area contributed by atoms with Crippen molar-refractivity contribution in [1.29, 1.82) is 0 Å². The van der Waals surface area contributed by atoms with Gasteiger partial charge >= 0.3 is 17.9 Å². The van der Waals surface area contributed by atoms with Gasteiger partial charge in [-0.15, -0.1) is 0 Å². The zero-order chi connectivity index (χ0) is 49.8. The summed E-state index contributed by atoms with van der Waals surface area (Å²) in [5.41, 5.74) is 0.280. The summed E-state index contributed by atoms with van der Waals surface area (Å²) in [5, 5.41) is 0. The second kappa shape index (κ2) is 51.2. The number of hydrogen-bond acceptors (Lipinski definition) is 6. The van der Waals surface area contributed by atoms with Gasteiger partial charge in [-0.25, -0.2) is 14.4 Å². The molecule has 0 aliphatic heterocycles. The van der Waals surface area contributed by atoms with Gasteiger partial charge in [-0.3, -0.25) is 0 Å². The van der Waals surface area contributed by atoms with Crippen LogP contribution in [0.1, 0.15) is 322 Å². The molecule has 0 unspecified atom stereocenters. The molecule has 0 saturated heterocycles. The standard InChI is InChI=1S/C63H108O6/c1-4-7-10-13-16-19-22-25-28-31-34-37-40-43-46-49-54-67-61(64)58-52-53-59(62(65)68-55-50-47-44-41-38-35-32-29-26-23-20-17-14-11-8-5-2)60(57-58)63(66)69-56-51-48-45-42-39-36-33-30-27-24-21-18-15-12-9-6-3/h46-53,57H,4-45,54-56H2,1-3H3/b49-46+,50-47+,51-48+. The molecular formula is C63H108O6. The molecule has 0 radical (unpaired) electrons. The molecule has 0 spiro atoms. The van der Waals surface area contributed by atoms with E-state index in [-0.39, 0.29) is 36.5 Å². The lowest BCUT2D eigenvalue weighted by Crippen LogP contribution is -2.16. The van der Waals surface area contributed by atoms with Crippen molar-refractivity contribution in [2.24, 2.45) is 0 Å². The van der Waals surface area contributed by atoms with E-state index in [2.05, 4.69) is 39.0 Å². The van der Waals surface area contributed by atoms with Crippen molar-refractivity contribution in [3.05, 3.63) is 71.3 Å². The van der Waals surface area contributed by atoms with Gasteiger partial charge in [-0.1, -0.05) is 288 Å². The van der Waals surface area contributed by atoms with E-state index in [4.69, 9.17) is 14.2 Å². The largest absolute Gasteiger partial charge is 0.458 e. The third kappa shape index (κ3) is 41.2. The summed E-state index contributed by atoms with van der Waals surface area (Å²) in [7, 11) is 0. The molecule has 0 N–H and O–H groups in total. The van der Waals surface area contributed by atoms with Gasteiger partial charge in [0.25, 0.3) is 0 Å². The van der Waals surface area contributed by atoms with E-state index in [0.29, 0.717) is 0 Å². The molecule has 1 aromatic rings. The molecule has 0 heterocycles. The Hall–Kier alpha value is -3.15. The van der Waals surface area contributed by atoms with E-state index in [9.17, 15) is 14.4 Å². The Balaban J connectivity index is 2.52. The number of carbonyl (C=O) groups excluding carboxylic acids is 3. The summed E-state index contributed by atoms with van der Waals surface area (Å²) in [6.07, 6.45) is 66.5. The number of unbranched alkanes of at least 4 members (excludes halogenated alkanes) is 39. The summed E-state index contributed by atoms with van der Waals surface area (Å²) >= 11 is 0. The Morgan fingerprint density at radius 2 is 0.551 bits per heavy atom. The van der Waals surface area contributed by atoms with Crippen molar-refractivity contribution in [1.82, 2.24) is 0 Å². The zero-order valence-corrected chi connectivity index (χ0v) is 45.5. The maximum Gasteiger partial charge on any atom is 0.339 e. The SMILES string of the molecule is CCCCCCCCCCCCCCC/C=C/COC(=O)c1ccc(C(=O)OC/C=C/CCCCCCCCCCCCCCC)c(C(=O)OC/C=C/CCCCCCCCCCCCCCC)c1. The molecule has 0 aromatic heterocycles. The van der Waals surface area contributed by atoms with Crippen LogP contribution in [0.25, 0.3) is 0 Å². The van der Waals surface area contributed by atoms with E-state index in [0.717, 1.165) is 38.5 Å². The van der Waals surface area contributed by atoms with Crippen LogP contribution in [0, 0.1) is 0 Å². The second-order valence-corrected chi connectivity index (χ2v) is 20.1. The van der Waals surface area contributed by atoms with Crippen LogP contribution in [0.5, 0.6) is 0 Å². The lowest BCUT2D eigenvalue weighted by molar-refractivity contribution is 0.0500. The molecule has 396 valence electrons. The normalized spacial score (nSPS) is 11.7. The number of rotatable bonds is 51. The Kier molecular flexibility index (Phi) is 47.4. The summed E-state index contributed by atoms with van der Waals surface area (Å²) in [6, 6.07) is 4.40. The third-order valence-electron chi connectivity index (χ3n) is 13.6. The highest BCUT2D eigenvalue weighted by Gasteiger charge is 2.22. The number of carbonyl (C=O) groups is 3. The van der Waals surface area contributed by atoms with Crippen molar-refractivity contribution >= 4 is 17.9 Å². The van der Waals surface area contributed by atoms with Crippen molar-refractivity contribution in [2.75, 3.05) is 19.8 Å². The van der Waals surface area contributed by atoms with Crippen LogP contribution in [-0.4, -0.2) is 37.7 Å². The van der Waals surface area contributed by atoms with E-state index >= 15 is 0 Å². The molecule has 0 saturated carbocycles. The molecule has 0 fully saturated rings. The number of ether oxygens (including phenoxy) is 3. The minimum absolute atomic E-state index is 0.00764. The van der Waals surface area contributed by atoms with Crippen LogP contribution in [0.2, 0.25) is 0 Å². The van der Waals surface area contributed by atoms with Gasteiger partial charge in [-0.2, -0.15) is 0 Å². The molecule has 69 heavy (non-hydrogen) atoms. The number of benzene rings is 1. The average molecular weight is 962 g/mol. The van der Waals surface area contributed by atoms with Crippen LogP contribution < -0.4 is 0 Å². The molecule has 0 aliphatic rings. The van der Waals surface area contributed by atoms with Crippen LogP contribution in [0.15, 0.2) is 54.7 Å². The highest BCUT2D eigenvalue weighted by Crippen LogP contribution is 2.19. The highest BCUT2D eigenvalue weighted by atomic mass is 16.5. The van der Waals surface area contributed by atoms with Crippen molar-refractivity contribution in [3.8, 4) is 0 Å². The van der Waals surface area contributed by atoms with E-state index in [1.165, 1.54) is 249 Å². The fourth-order valence-electron chi connectivity index (χ4n) is 9.03. The summed E-state index contributed by atoms with van der Waals surface area (Å²) in [4.78, 5) is 39.8. The molecular weight excluding hydrogens is 853 g/mol. The lowest BCUT2D eigenvalue weighted by Gasteiger charge is -2.10. The number of hydrogen-bond donors (Lipinski definition) is 0. The first-order valence-corrected chi connectivity index (χ1v) is 29.6. The quantitative estimate of drug-likeness (QED) is 0.0280. The molecule has 6 heteroatoms. The Morgan fingerprint density at radius 1 is 0.304 bits per heavy atom. The highest BCUT2D eigenvalue weighted by molar-refractivity contribution is 6.05. The maximum absolute atomic E-state index is 13.4. The molecule has 0 bridgehead atoms. The first-order chi connectivity index (χ1) is 34.0. The van der Waals surface area contributed by atoms with Crippen LogP contribution >= 0.6 is 0 Å². The van der Waals surface area contributed by atoms with Gasteiger partial charge in [-0.05, 0) is 56.7 Å². The number of esters is 3. The first kappa shape index (κ1) is 63.9. The Morgan fingerprint density at radius 3 is 0.841 bits per heavy atom. The summed E-state index contributed by atoms with van der Waals surface area (Å²) in [5.74, 6) is -1.84. The second-order valence-electron chi connectivity index (χ2n) is 20.1. The summed E-state index contributed by atoms with van der Waals surface area (Å²) in [6.45, 7) is 7.17. The summed E-state index contributed by atoms with van der Waals surface area (Å²) < 4.78 is 16.7. The van der Waals surface area contributed by atoms with Gasteiger partial charge in [0.2, 0.25) is 0 Å². The van der Waals surface area contributed by atoms with Gasteiger partial charge in [0.15, 0.2) is 0 Å². The zero-order valence-electron chi connectivity index (χ0n) is 45.5. The van der Waals surface area contributed by atoms with Crippen LogP contribution in [0.4, 0.5) is 0 Å². The minimum atomic E-state index is -0.669. The third-order valence-corrected chi connectivity index (χ3v) is 13.6. The van der Waals surface area contributed by atoms with E-state index in [1.807, 2.05) is 18.2 Å². The monoisotopic (exact) mass is 961 g/mol. The van der Waals surface area contributed by atoms with Crippen molar-refractivity contribution in [3.63, 3.8) is 0 Å². The molecule has 1 aromatic carbocycles. The Labute approximate surface area is 426 Å². The maximum atomic E-state index is 13.4. The van der Waals surface area contributed by atoms with Crippen LogP contribution in [0.3, 0.4) is 0 Å². The van der Waals surface area contributed by atoms with E-state index in [1.54, 1.807) is 0 Å². The van der Waals surface area contributed by atoms with E-state index < -0.39 is 17.9 Å². The van der Waals surface area contributed by atoms with Gasteiger partial charge in [0.05, 0.1) is 16.7 Å². The Bertz CT molecular complexity index is 1410. The van der Waals surface area contributed by atoms with Crippen molar-refractivity contribution < 1.29 is 28.6 Å². The molecule has 0 aliphatic carbocycles. The molecule has 0 amide bonds. The van der Waals surface area contributed by atoms with Gasteiger partial charge < -0.3 is 14.2 Å². The lowest BCUT2D eigenvalue weighted by atomic mass is 10.0. The predicted molar refractivity (Wildman–Crippen MR) is 296 cm³/mol.